The molecule has 2 atom stereocenters. The van der Waals surface area contributed by atoms with Crippen LogP contribution in [0.5, 0.6) is 5.75 Å². The minimum Gasteiger partial charge on any atom is -0.497 e. The molecule has 2 aromatic carbocycles. The van der Waals surface area contributed by atoms with Crippen LogP contribution in [0.3, 0.4) is 0 Å². The molecule has 0 unspecified atom stereocenters. The molecular formula is C23H26N4O2. The van der Waals surface area contributed by atoms with Crippen LogP contribution in [-0.2, 0) is 4.79 Å². The average Bonchev–Trinajstić information content (AvgIpc) is 3.22. The number of nitrogens with zero attached hydrogens (tertiary/aromatic N) is 4. The largest absolute Gasteiger partial charge is 0.497 e. The van der Waals surface area contributed by atoms with Gasteiger partial charge in [-0.05, 0) is 29.7 Å². The van der Waals surface area contributed by atoms with E-state index in [9.17, 15) is 4.79 Å². The molecule has 2 heterocycles. The van der Waals surface area contributed by atoms with E-state index in [1.165, 1.54) is 6.33 Å². The Morgan fingerprint density at radius 2 is 1.66 bits per heavy atom. The van der Waals surface area contributed by atoms with Gasteiger partial charge in [-0.25, -0.2) is 4.68 Å². The van der Waals surface area contributed by atoms with Crippen LogP contribution in [0.2, 0.25) is 0 Å². The summed E-state index contributed by atoms with van der Waals surface area (Å²) in [5, 5.41) is 4.48. The molecule has 1 amide bonds. The monoisotopic (exact) mass is 390 g/mol. The lowest BCUT2D eigenvalue weighted by Gasteiger charge is -2.41. The number of carbonyl (C=O) groups excluding carboxylic acids is 1. The Morgan fingerprint density at radius 1 is 1.00 bits per heavy atom. The average molecular weight is 390 g/mol. The van der Waals surface area contributed by atoms with Crippen molar-refractivity contribution in [3.63, 3.8) is 0 Å². The first kappa shape index (κ1) is 19.2. The topological polar surface area (TPSA) is 60.2 Å². The highest BCUT2D eigenvalue weighted by atomic mass is 16.5. The van der Waals surface area contributed by atoms with Gasteiger partial charge in [0.1, 0.15) is 12.1 Å². The summed E-state index contributed by atoms with van der Waals surface area (Å²) in [7, 11) is 1.65. The minimum absolute atomic E-state index is 0.00446. The maximum absolute atomic E-state index is 13.5. The van der Waals surface area contributed by atoms with Gasteiger partial charge in [-0.2, -0.15) is 10.1 Å². The van der Waals surface area contributed by atoms with Crippen LogP contribution >= 0.6 is 0 Å². The minimum atomic E-state index is -0.541. The number of hydrogen-bond donors (Lipinski definition) is 0. The summed E-state index contributed by atoms with van der Waals surface area (Å²) >= 11 is 0. The SMILES string of the molecule is COc1ccc([C@@H]2C[C@@H](c3ccccc3)n3ncnc3N2C(=O)C(C)(C)C)cc1. The summed E-state index contributed by atoms with van der Waals surface area (Å²) in [6.45, 7) is 5.80. The predicted octanol–water partition coefficient (Wildman–Crippen LogP) is 4.40. The van der Waals surface area contributed by atoms with Crippen LogP contribution < -0.4 is 9.64 Å². The van der Waals surface area contributed by atoms with E-state index in [0.29, 0.717) is 12.4 Å². The smallest absolute Gasteiger partial charge is 0.235 e. The van der Waals surface area contributed by atoms with Crippen LogP contribution in [0.4, 0.5) is 5.95 Å². The van der Waals surface area contributed by atoms with Crippen molar-refractivity contribution in [2.45, 2.75) is 39.3 Å². The van der Waals surface area contributed by atoms with Crippen molar-refractivity contribution in [2.75, 3.05) is 12.0 Å². The second-order valence-electron chi connectivity index (χ2n) is 8.38. The van der Waals surface area contributed by atoms with Crippen molar-refractivity contribution in [3.8, 4) is 5.75 Å². The molecular weight excluding hydrogens is 364 g/mol. The molecule has 0 spiro atoms. The number of benzene rings is 2. The molecule has 0 saturated heterocycles. The highest BCUT2D eigenvalue weighted by Gasteiger charge is 2.42. The van der Waals surface area contributed by atoms with Crippen molar-refractivity contribution in [1.29, 1.82) is 0 Å². The van der Waals surface area contributed by atoms with Gasteiger partial charge in [-0.15, -0.1) is 0 Å². The number of aromatic nitrogens is 3. The third-order valence-electron chi connectivity index (χ3n) is 5.37. The molecule has 3 aromatic rings. The zero-order chi connectivity index (χ0) is 20.6. The zero-order valence-corrected chi connectivity index (χ0v) is 17.2. The van der Waals surface area contributed by atoms with Crippen LogP contribution in [0, 0.1) is 5.41 Å². The van der Waals surface area contributed by atoms with Crippen LogP contribution in [0.15, 0.2) is 60.9 Å². The first-order valence-electron chi connectivity index (χ1n) is 9.82. The van der Waals surface area contributed by atoms with Crippen molar-refractivity contribution in [2.24, 2.45) is 5.41 Å². The lowest BCUT2D eigenvalue weighted by atomic mass is 9.88. The van der Waals surface area contributed by atoms with Gasteiger partial charge in [0.25, 0.3) is 0 Å². The molecule has 0 saturated carbocycles. The fourth-order valence-electron chi connectivity index (χ4n) is 3.85. The van der Waals surface area contributed by atoms with E-state index in [1.54, 1.807) is 7.11 Å². The van der Waals surface area contributed by atoms with E-state index in [-0.39, 0.29) is 18.0 Å². The third kappa shape index (κ3) is 3.50. The maximum Gasteiger partial charge on any atom is 0.235 e. The first-order chi connectivity index (χ1) is 13.9. The first-order valence-corrected chi connectivity index (χ1v) is 9.82. The summed E-state index contributed by atoms with van der Waals surface area (Å²) in [4.78, 5) is 19.8. The van der Waals surface area contributed by atoms with Gasteiger partial charge in [-0.3, -0.25) is 9.69 Å². The summed E-state index contributed by atoms with van der Waals surface area (Å²) in [6.07, 6.45) is 2.25. The lowest BCUT2D eigenvalue weighted by molar-refractivity contribution is -0.126. The fourth-order valence-corrected chi connectivity index (χ4v) is 3.85. The second-order valence-corrected chi connectivity index (χ2v) is 8.38. The summed E-state index contributed by atoms with van der Waals surface area (Å²) < 4.78 is 7.19. The third-order valence-corrected chi connectivity index (χ3v) is 5.37. The molecule has 6 heteroatoms. The zero-order valence-electron chi connectivity index (χ0n) is 17.2. The van der Waals surface area contributed by atoms with Gasteiger partial charge >= 0.3 is 0 Å². The number of methoxy groups -OCH3 is 1. The Kier molecular flexibility index (Phi) is 4.86. The quantitative estimate of drug-likeness (QED) is 0.665. The van der Waals surface area contributed by atoms with Gasteiger partial charge in [0.15, 0.2) is 0 Å². The molecule has 0 N–H and O–H groups in total. The van der Waals surface area contributed by atoms with Gasteiger partial charge in [0.05, 0.1) is 19.2 Å². The standard InChI is InChI=1S/C23H26N4O2/c1-23(2,3)21(28)26-19(17-10-12-18(29-4)13-11-17)14-20(16-8-6-5-7-9-16)27-22(26)24-15-25-27/h5-13,15,19-20H,14H2,1-4H3/t19-,20-/m0/s1. The molecule has 0 fully saturated rings. The summed E-state index contributed by atoms with van der Waals surface area (Å²) in [6, 6.07) is 18.1. The number of amides is 1. The summed E-state index contributed by atoms with van der Waals surface area (Å²) in [5.74, 6) is 1.41. The molecule has 29 heavy (non-hydrogen) atoms. The maximum atomic E-state index is 13.5. The molecule has 0 radical (unpaired) electrons. The lowest BCUT2D eigenvalue weighted by Crippen LogP contribution is -2.47. The highest BCUT2D eigenvalue weighted by Crippen LogP contribution is 2.43. The highest BCUT2D eigenvalue weighted by molar-refractivity contribution is 5.96. The fraction of sp³-hybridized carbons (Fsp3) is 0.348. The van der Waals surface area contributed by atoms with E-state index in [2.05, 4.69) is 22.2 Å². The van der Waals surface area contributed by atoms with Crippen molar-refractivity contribution in [3.05, 3.63) is 72.1 Å². The molecule has 6 nitrogen and oxygen atoms in total. The number of rotatable bonds is 3. The normalized spacial score (nSPS) is 19.0. The predicted molar refractivity (Wildman–Crippen MR) is 112 cm³/mol. The van der Waals surface area contributed by atoms with E-state index >= 15 is 0 Å². The molecule has 4 rings (SSSR count). The van der Waals surface area contributed by atoms with Gasteiger partial charge in [0, 0.05) is 5.41 Å². The molecule has 1 aliphatic rings. The number of fused-ring (bicyclic) bond motifs is 1. The van der Waals surface area contributed by atoms with Crippen molar-refractivity contribution >= 4 is 11.9 Å². The molecule has 0 aliphatic carbocycles. The molecule has 150 valence electrons. The van der Waals surface area contributed by atoms with Crippen LogP contribution in [-0.4, -0.2) is 27.8 Å². The van der Waals surface area contributed by atoms with E-state index in [4.69, 9.17) is 4.74 Å². The number of hydrogen-bond acceptors (Lipinski definition) is 4. The van der Waals surface area contributed by atoms with Gasteiger partial charge in [-0.1, -0.05) is 63.2 Å². The van der Waals surface area contributed by atoms with Gasteiger partial charge in [0.2, 0.25) is 11.9 Å². The Hall–Kier alpha value is -3.15. The Morgan fingerprint density at radius 3 is 2.28 bits per heavy atom. The molecule has 0 bridgehead atoms. The van der Waals surface area contributed by atoms with Crippen LogP contribution in [0.1, 0.15) is 50.4 Å². The van der Waals surface area contributed by atoms with Gasteiger partial charge < -0.3 is 4.74 Å². The van der Waals surface area contributed by atoms with E-state index < -0.39 is 5.41 Å². The van der Waals surface area contributed by atoms with E-state index in [1.807, 2.05) is 72.8 Å². The molecule has 1 aromatic heterocycles. The molecule has 1 aliphatic heterocycles. The Bertz CT molecular complexity index is 990. The van der Waals surface area contributed by atoms with E-state index in [0.717, 1.165) is 16.9 Å². The number of anilines is 1. The summed E-state index contributed by atoms with van der Waals surface area (Å²) in [5.41, 5.74) is 1.67. The van der Waals surface area contributed by atoms with Crippen LogP contribution in [0.25, 0.3) is 0 Å². The van der Waals surface area contributed by atoms with Crippen molar-refractivity contribution < 1.29 is 9.53 Å². The Balaban J connectivity index is 1.84. The number of carbonyl (C=O) groups is 1. The second kappa shape index (κ2) is 7.35. The number of ether oxygens (including phenoxy) is 1. The Labute approximate surface area is 171 Å². The van der Waals surface area contributed by atoms with Crippen molar-refractivity contribution in [1.82, 2.24) is 14.8 Å².